The van der Waals surface area contributed by atoms with Crippen molar-refractivity contribution in [3.8, 4) is 6.07 Å². The Morgan fingerprint density at radius 3 is 2.67 bits per heavy atom. The Morgan fingerprint density at radius 2 is 2.00 bits per heavy atom. The molecule has 0 saturated carbocycles. The lowest BCUT2D eigenvalue weighted by atomic mass is 9.76. The van der Waals surface area contributed by atoms with E-state index in [1.807, 2.05) is 31.2 Å². The van der Waals surface area contributed by atoms with Crippen LogP contribution < -0.4 is 5.32 Å². The second-order valence-corrected chi connectivity index (χ2v) is 6.34. The number of rotatable bonds is 1. The van der Waals surface area contributed by atoms with Crippen molar-refractivity contribution >= 4 is 21.7 Å². The van der Waals surface area contributed by atoms with E-state index in [0.717, 1.165) is 39.8 Å². The minimum atomic E-state index is -0.229. The van der Waals surface area contributed by atoms with E-state index in [-0.39, 0.29) is 11.7 Å². The van der Waals surface area contributed by atoms with Crippen LogP contribution in [0.15, 0.2) is 51.3 Å². The summed E-state index contributed by atoms with van der Waals surface area (Å²) in [7, 11) is 0. The lowest BCUT2D eigenvalue weighted by Crippen LogP contribution is -2.31. The van der Waals surface area contributed by atoms with E-state index in [1.54, 1.807) is 0 Å². The zero-order chi connectivity index (χ0) is 15.0. The van der Waals surface area contributed by atoms with Crippen molar-refractivity contribution in [3.05, 3.63) is 56.8 Å². The summed E-state index contributed by atoms with van der Waals surface area (Å²) in [5.41, 5.74) is 4.28. The Labute approximate surface area is 132 Å². The first kappa shape index (κ1) is 14.1. The van der Waals surface area contributed by atoms with Gasteiger partial charge in [-0.25, -0.2) is 0 Å². The van der Waals surface area contributed by atoms with Crippen LogP contribution in [0.2, 0.25) is 0 Å². The summed E-state index contributed by atoms with van der Waals surface area (Å²) in [5, 5.41) is 12.8. The van der Waals surface area contributed by atoms with Crippen LogP contribution in [0.5, 0.6) is 0 Å². The highest BCUT2D eigenvalue weighted by Gasteiger charge is 2.35. The number of halogens is 1. The molecule has 0 saturated heterocycles. The average molecular weight is 343 g/mol. The van der Waals surface area contributed by atoms with Crippen LogP contribution in [-0.4, -0.2) is 5.78 Å². The number of nitrogens with zero attached hydrogens (tertiary/aromatic N) is 1. The molecule has 1 heterocycles. The first-order chi connectivity index (χ1) is 10.1. The monoisotopic (exact) mass is 342 g/mol. The SMILES string of the molecule is CC1=C(C#N)[C@H](c2ccc(Br)cc2)C2=C(CCCC2=O)N1. The van der Waals surface area contributed by atoms with Crippen molar-refractivity contribution in [1.29, 1.82) is 5.26 Å². The summed E-state index contributed by atoms with van der Waals surface area (Å²) >= 11 is 3.43. The second-order valence-electron chi connectivity index (χ2n) is 5.43. The van der Waals surface area contributed by atoms with Gasteiger partial charge in [0.15, 0.2) is 5.78 Å². The summed E-state index contributed by atoms with van der Waals surface area (Å²) in [6.07, 6.45) is 2.34. The molecule has 1 aromatic rings. The second kappa shape index (κ2) is 5.50. The zero-order valence-electron chi connectivity index (χ0n) is 11.7. The van der Waals surface area contributed by atoms with Gasteiger partial charge < -0.3 is 5.32 Å². The summed E-state index contributed by atoms with van der Waals surface area (Å²) < 4.78 is 0.989. The molecule has 1 aromatic carbocycles. The molecule has 2 aliphatic rings. The summed E-state index contributed by atoms with van der Waals surface area (Å²) in [6, 6.07) is 10.2. The molecule has 0 bridgehead atoms. The highest BCUT2D eigenvalue weighted by molar-refractivity contribution is 9.10. The first-order valence-electron chi connectivity index (χ1n) is 7.01. The fourth-order valence-electron chi connectivity index (χ4n) is 3.12. The number of ketones is 1. The average Bonchev–Trinajstić information content (AvgIpc) is 2.47. The molecule has 1 N–H and O–H groups in total. The molecule has 1 aliphatic heterocycles. The maximum Gasteiger partial charge on any atom is 0.161 e. The number of allylic oxidation sites excluding steroid dienone is 4. The Hall–Kier alpha value is -1.86. The highest BCUT2D eigenvalue weighted by atomic mass is 79.9. The Kier molecular flexibility index (Phi) is 3.69. The molecule has 1 aliphatic carbocycles. The first-order valence-corrected chi connectivity index (χ1v) is 7.80. The Bertz CT molecular complexity index is 707. The summed E-state index contributed by atoms with van der Waals surface area (Å²) in [6.45, 7) is 1.91. The fraction of sp³-hybridized carbons (Fsp3) is 0.294. The number of hydrogen-bond donors (Lipinski definition) is 1. The molecular formula is C17H15BrN2O. The van der Waals surface area contributed by atoms with Crippen LogP contribution in [0.3, 0.4) is 0 Å². The van der Waals surface area contributed by atoms with Crippen molar-refractivity contribution in [2.45, 2.75) is 32.1 Å². The molecule has 3 rings (SSSR count). The third kappa shape index (κ3) is 2.43. The van der Waals surface area contributed by atoms with Gasteiger partial charge in [-0.15, -0.1) is 0 Å². The quantitative estimate of drug-likeness (QED) is 0.840. The van der Waals surface area contributed by atoms with Gasteiger partial charge in [0, 0.05) is 27.9 Å². The van der Waals surface area contributed by atoms with Crippen LogP contribution in [0, 0.1) is 11.3 Å². The largest absolute Gasteiger partial charge is 0.361 e. The van der Waals surface area contributed by atoms with E-state index in [1.165, 1.54) is 0 Å². The van der Waals surface area contributed by atoms with Crippen LogP contribution in [0.4, 0.5) is 0 Å². The number of nitriles is 1. The number of hydrogen-bond acceptors (Lipinski definition) is 3. The molecule has 0 unspecified atom stereocenters. The number of carbonyl (C=O) groups is 1. The van der Waals surface area contributed by atoms with E-state index < -0.39 is 0 Å². The van der Waals surface area contributed by atoms with Crippen LogP contribution >= 0.6 is 15.9 Å². The van der Waals surface area contributed by atoms with Gasteiger partial charge in [0.05, 0.1) is 17.6 Å². The molecule has 106 valence electrons. The molecule has 1 atom stereocenters. The highest BCUT2D eigenvalue weighted by Crippen LogP contribution is 2.41. The van der Waals surface area contributed by atoms with Crippen molar-refractivity contribution in [2.24, 2.45) is 0 Å². The van der Waals surface area contributed by atoms with Gasteiger partial charge in [0.2, 0.25) is 0 Å². The van der Waals surface area contributed by atoms with Crippen molar-refractivity contribution in [1.82, 2.24) is 5.32 Å². The number of carbonyl (C=O) groups excluding carboxylic acids is 1. The van der Waals surface area contributed by atoms with E-state index in [0.29, 0.717) is 12.0 Å². The van der Waals surface area contributed by atoms with E-state index >= 15 is 0 Å². The van der Waals surface area contributed by atoms with Gasteiger partial charge in [-0.3, -0.25) is 4.79 Å². The van der Waals surface area contributed by atoms with E-state index in [9.17, 15) is 10.1 Å². The molecule has 4 heteroatoms. The third-order valence-corrected chi connectivity index (χ3v) is 4.63. The number of dihydropyridines is 1. The predicted octanol–water partition coefficient (Wildman–Crippen LogP) is 3.94. The molecule has 0 aromatic heterocycles. The van der Waals surface area contributed by atoms with Crippen LogP contribution in [-0.2, 0) is 4.79 Å². The zero-order valence-corrected chi connectivity index (χ0v) is 13.3. The van der Waals surface area contributed by atoms with Gasteiger partial charge in [-0.05, 0) is 37.5 Å². The predicted molar refractivity (Wildman–Crippen MR) is 84.2 cm³/mol. The van der Waals surface area contributed by atoms with Gasteiger partial charge in [0.1, 0.15) is 0 Å². The van der Waals surface area contributed by atoms with Crippen LogP contribution in [0.1, 0.15) is 37.7 Å². The molecule has 0 spiro atoms. The smallest absolute Gasteiger partial charge is 0.161 e. The lowest BCUT2D eigenvalue weighted by Gasteiger charge is -2.32. The maximum atomic E-state index is 12.4. The molecular weight excluding hydrogens is 328 g/mol. The fourth-order valence-corrected chi connectivity index (χ4v) is 3.38. The number of nitrogens with one attached hydrogen (secondary N) is 1. The molecule has 0 radical (unpaired) electrons. The molecule has 21 heavy (non-hydrogen) atoms. The lowest BCUT2D eigenvalue weighted by molar-refractivity contribution is -0.116. The minimum Gasteiger partial charge on any atom is -0.361 e. The normalized spacial score (nSPS) is 21.8. The molecule has 0 amide bonds. The van der Waals surface area contributed by atoms with E-state index in [4.69, 9.17) is 0 Å². The minimum absolute atomic E-state index is 0.164. The van der Waals surface area contributed by atoms with Gasteiger partial charge in [-0.2, -0.15) is 5.26 Å². The topological polar surface area (TPSA) is 52.9 Å². The van der Waals surface area contributed by atoms with Crippen molar-refractivity contribution < 1.29 is 4.79 Å². The molecule has 0 fully saturated rings. The Balaban J connectivity index is 2.17. The van der Waals surface area contributed by atoms with Gasteiger partial charge >= 0.3 is 0 Å². The molecule has 3 nitrogen and oxygen atoms in total. The van der Waals surface area contributed by atoms with Crippen molar-refractivity contribution in [2.75, 3.05) is 0 Å². The van der Waals surface area contributed by atoms with Crippen molar-refractivity contribution in [3.63, 3.8) is 0 Å². The van der Waals surface area contributed by atoms with E-state index in [2.05, 4.69) is 27.3 Å². The van der Waals surface area contributed by atoms with Gasteiger partial charge in [0.25, 0.3) is 0 Å². The third-order valence-electron chi connectivity index (χ3n) is 4.10. The standard InChI is InChI=1S/C17H15BrN2O/c1-10-13(9-19)16(11-5-7-12(18)8-6-11)17-14(20-10)3-2-4-15(17)21/h5-8,16,20H,2-4H2,1H3/t16-/m0/s1. The Morgan fingerprint density at radius 1 is 1.29 bits per heavy atom. The summed E-state index contributed by atoms with van der Waals surface area (Å²) in [5.74, 6) is -0.0657. The van der Waals surface area contributed by atoms with Crippen LogP contribution in [0.25, 0.3) is 0 Å². The maximum absolute atomic E-state index is 12.4. The number of benzene rings is 1. The summed E-state index contributed by atoms with van der Waals surface area (Å²) in [4.78, 5) is 12.4. The number of Topliss-reactive ketones (excluding diaryl/α,β-unsaturated/α-hetero) is 1. The van der Waals surface area contributed by atoms with Gasteiger partial charge in [-0.1, -0.05) is 28.1 Å².